The Labute approximate surface area is 141 Å². The van der Waals surface area contributed by atoms with Gasteiger partial charge in [-0.3, -0.25) is 19.7 Å². The van der Waals surface area contributed by atoms with E-state index in [9.17, 15) is 14.4 Å². The maximum atomic E-state index is 11.9. The van der Waals surface area contributed by atoms with E-state index in [2.05, 4.69) is 16.0 Å². The molecule has 0 saturated carbocycles. The minimum absolute atomic E-state index is 0.0369. The van der Waals surface area contributed by atoms with Crippen LogP contribution in [0.5, 0.6) is 0 Å². The lowest BCUT2D eigenvalue weighted by molar-refractivity contribution is -0.133. The molecule has 1 aromatic carbocycles. The summed E-state index contributed by atoms with van der Waals surface area (Å²) in [4.78, 5) is 34.8. The number of piperidine rings is 1. The van der Waals surface area contributed by atoms with Crippen LogP contribution in [-0.4, -0.2) is 30.3 Å². The van der Waals surface area contributed by atoms with E-state index in [1.54, 1.807) is 18.2 Å². The Kier molecular flexibility index (Phi) is 6.74. The van der Waals surface area contributed by atoms with E-state index in [1.165, 1.54) is 0 Å². The van der Waals surface area contributed by atoms with E-state index in [-0.39, 0.29) is 17.7 Å². The second kappa shape index (κ2) is 9.02. The van der Waals surface area contributed by atoms with Crippen LogP contribution in [0.3, 0.4) is 0 Å². The number of carbonyl (C=O) groups excluding carboxylic acids is 3. The van der Waals surface area contributed by atoms with Gasteiger partial charge in [0.2, 0.25) is 17.7 Å². The summed E-state index contributed by atoms with van der Waals surface area (Å²) in [6.07, 6.45) is 3.94. The Morgan fingerprint density at radius 2 is 2.00 bits per heavy atom. The number of amides is 3. The van der Waals surface area contributed by atoms with E-state index in [0.717, 1.165) is 24.9 Å². The summed E-state index contributed by atoms with van der Waals surface area (Å²) < 4.78 is 0. The quantitative estimate of drug-likeness (QED) is 0.424. The summed E-state index contributed by atoms with van der Waals surface area (Å²) >= 11 is 0. The van der Waals surface area contributed by atoms with Gasteiger partial charge in [-0.05, 0) is 44.0 Å². The zero-order chi connectivity index (χ0) is 17.4. The Hall–Kier alpha value is -2.41. The van der Waals surface area contributed by atoms with Crippen molar-refractivity contribution in [3.63, 3.8) is 0 Å². The lowest BCUT2D eigenvalue weighted by Gasteiger charge is -2.23. The molecule has 1 aromatic rings. The van der Waals surface area contributed by atoms with Crippen LogP contribution < -0.4 is 21.7 Å². The van der Waals surface area contributed by atoms with E-state index >= 15 is 0 Å². The normalized spacial score (nSPS) is 17.3. The van der Waals surface area contributed by atoms with Gasteiger partial charge < -0.3 is 16.4 Å². The molecule has 5 N–H and O–H groups in total. The van der Waals surface area contributed by atoms with Crippen molar-refractivity contribution in [2.45, 2.75) is 44.6 Å². The number of carbonyl (C=O) groups is 3. The lowest BCUT2D eigenvalue weighted by atomic mass is 10.1. The number of nitrogens with two attached hydrogens (primary N) is 1. The summed E-state index contributed by atoms with van der Waals surface area (Å²) in [5, 5.41) is 8.26. The Balaban J connectivity index is 1.86. The zero-order valence-corrected chi connectivity index (χ0v) is 13.6. The Morgan fingerprint density at radius 3 is 2.75 bits per heavy atom. The van der Waals surface area contributed by atoms with Crippen molar-refractivity contribution in [1.29, 1.82) is 0 Å². The van der Waals surface area contributed by atoms with Crippen LogP contribution in [0.15, 0.2) is 24.3 Å². The van der Waals surface area contributed by atoms with Crippen molar-refractivity contribution in [2.24, 2.45) is 5.73 Å². The topological polar surface area (TPSA) is 113 Å². The number of hydrogen-bond donors (Lipinski definition) is 4. The van der Waals surface area contributed by atoms with E-state index in [1.807, 2.05) is 6.07 Å². The van der Waals surface area contributed by atoms with Crippen LogP contribution in [-0.2, 0) is 14.4 Å². The standard InChI is InChI=1S/C17H24N4O3/c18-10-3-1-2-7-15(22)20-13-6-4-5-12(11-13)19-14-8-9-16(23)21-17(14)24/h4-6,11,14,19H,1-3,7-10,18H2,(H,20,22)(H,21,23,24). The fourth-order valence-corrected chi connectivity index (χ4v) is 2.55. The number of anilines is 2. The SMILES string of the molecule is NCCCCCC(=O)Nc1cccc(NC2CCC(=O)NC2=O)c1. The third-order valence-electron chi connectivity index (χ3n) is 3.83. The first-order chi connectivity index (χ1) is 11.6. The molecule has 7 nitrogen and oxygen atoms in total. The minimum atomic E-state index is -0.440. The smallest absolute Gasteiger partial charge is 0.249 e. The highest BCUT2D eigenvalue weighted by Crippen LogP contribution is 2.18. The molecule has 0 aliphatic carbocycles. The average molecular weight is 332 g/mol. The van der Waals surface area contributed by atoms with Gasteiger partial charge in [-0.25, -0.2) is 0 Å². The van der Waals surface area contributed by atoms with Gasteiger partial charge in [-0.1, -0.05) is 12.5 Å². The van der Waals surface area contributed by atoms with E-state index < -0.39 is 6.04 Å². The molecule has 0 aromatic heterocycles. The van der Waals surface area contributed by atoms with Crippen LogP contribution in [0.1, 0.15) is 38.5 Å². The minimum Gasteiger partial charge on any atom is -0.374 e. The van der Waals surface area contributed by atoms with Crippen LogP contribution >= 0.6 is 0 Å². The maximum Gasteiger partial charge on any atom is 0.249 e. The van der Waals surface area contributed by atoms with Gasteiger partial charge in [0.05, 0.1) is 0 Å². The van der Waals surface area contributed by atoms with E-state index in [4.69, 9.17) is 5.73 Å². The fraction of sp³-hybridized carbons (Fsp3) is 0.471. The molecular formula is C17H24N4O3. The summed E-state index contributed by atoms with van der Waals surface area (Å²) in [7, 11) is 0. The van der Waals surface area contributed by atoms with Crippen LogP contribution in [0.2, 0.25) is 0 Å². The number of unbranched alkanes of at least 4 members (excludes halogenated alkanes) is 2. The monoisotopic (exact) mass is 332 g/mol. The average Bonchev–Trinajstić information content (AvgIpc) is 2.55. The van der Waals surface area contributed by atoms with Crippen LogP contribution in [0.25, 0.3) is 0 Å². The van der Waals surface area contributed by atoms with E-state index in [0.29, 0.717) is 31.5 Å². The van der Waals surface area contributed by atoms with Gasteiger partial charge in [0.15, 0.2) is 0 Å². The van der Waals surface area contributed by atoms with Crippen LogP contribution in [0.4, 0.5) is 11.4 Å². The first-order valence-corrected chi connectivity index (χ1v) is 8.28. The lowest BCUT2D eigenvalue weighted by Crippen LogP contribution is -2.47. The molecule has 0 bridgehead atoms. The molecule has 0 spiro atoms. The number of imide groups is 1. The maximum absolute atomic E-state index is 11.9. The largest absolute Gasteiger partial charge is 0.374 e. The molecule has 1 atom stereocenters. The highest BCUT2D eigenvalue weighted by atomic mass is 16.2. The van der Waals surface area contributed by atoms with Crippen molar-refractivity contribution >= 4 is 29.1 Å². The highest BCUT2D eigenvalue weighted by Gasteiger charge is 2.26. The zero-order valence-electron chi connectivity index (χ0n) is 13.6. The van der Waals surface area contributed by atoms with Gasteiger partial charge >= 0.3 is 0 Å². The summed E-state index contributed by atoms with van der Waals surface area (Å²) in [5.41, 5.74) is 6.83. The van der Waals surface area contributed by atoms with Crippen molar-refractivity contribution in [1.82, 2.24) is 5.32 Å². The number of benzene rings is 1. The van der Waals surface area contributed by atoms with Gasteiger partial charge in [-0.2, -0.15) is 0 Å². The molecule has 1 unspecified atom stereocenters. The molecule has 1 saturated heterocycles. The van der Waals surface area contributed by atoms with Gasteiger partial charge in [-0.15, -0.1) is 0 Å². The third kappa shape index (κ3) is 5.66. The van der Waals surface area contributed by atoms with Crippen molar-refractivity contribution in [2.75, 3.05) is 17.2 Å². The number of rotatable bonds is 8. The molecule has 0 radical (unpaired) electrons. The predicted molar refractivity (Wildman–Crippen MR) is 92.4 cm³/mol. The third-order valence-corrected chi connectivity index (χ3v) is 3.83. The molecule has 1 aliphatic rings. The molecule has 1 fully saturated rings. The molecule has 1 aliphatic heterocycles. The second-order valence-electron chi connectivity index (χ2n) is 5.88. The van der Waals surface area contributed by atoms with Crippen LogP contribution in [0, 0.1) is 0 Å². The molecule has 130 valence electrons. The van der Waals surface area contributed by atoms with Gasteiger partial charge in [0, 0.05) is 24.2 Å². The van der Waals surface area contributed by atoms with Gasteiger partial charge in [0.25, 0.3) is 0 Å². The summed E-state index contributed by atoms with van der Waals surface area (Å²) in [6, 6.07) is 6.76. The molecule has 24 heavy (non-hydrogen) atoms. The summed E-state index contributed by atoms with van der Waals surface area (Å²) in [6.45, 7) is 0.648. The molecule has 1 heterocycles. The first kappa shape index (κ1) is 17.9. The Bertz CT molecular complexity index is 603. The first-order valence-electron chi connectivity index (χ1n) is 8.28. The second-order valence-corrected chi connectivity index (χ2v) is 5.88. The van der Waals surface area contributed by atoms with Crippen molar-refractivity contribution < 1.29 is 14.4 Å². The Morgan fingerprint density at radius 1 is 1.21 bits per heavy atom. The fourth-order valence-electron chi connectivity index (χ4n) is 2.55. The molecule has 7 heteroatoms. The van der Waals surface area contributed by atoms with Crippen molar-refractivity contribution in [3.05, 3.63) is 24.3 Å². The van der Waals surface area contributed by atoms with Gasteiger partial charge in [0.1, 0.15) is 6.04 Å². The highest BCUT2D eigenvalue weighted by molar-refractivity contribution is 6.01. The summed E-state index contributed by atoms with van der Waals surface area (Å²) in [5.74, 6) is -0.598. The number of hydrogen-bond acceptors (Lipinski definition) is 5. The molecule has 2 rings (SSSR count). The molecular weight excluding hydrogens is 308 g/mol. The molecule has 3 amide bonds. The predicted octanol–water partition coefficient (Wildman–Crippen LogP) is 1.36. The number of nitrogens with one attached hydrogen (secondary N) is 3. The van der Waals surface area contributed by atoms with Crippen molar-refractivity contribution in [3.8, 4) is 0 Å².